The number of nitrogens with zero attached hydrogens (tertiary/aromatic N) is 5. The zero-order valence-corrected chi connectivity index (χ0v) is 20.9. The third kappa shape index (κ3) is 5.60. The Morgan fingerprint density at radius 1 is 1.24 bits per heavy atom. The van der Waals surface area contributed by atoms with Gasteiger partial charge in [0.15, 0.2) is 5.82 Å². The number of aryl methyl sites for hydroxylation is 1. The number of ether oxygens (including phenoxy) is 1. The summed E-state index contributed by atoms with van der Waals surface area (Å²) in [4.78, 5) is 38.9. The van der Waals surface area contributed by atoms with E-state index in [1.54, 1.807) is 43.3 Å². The van der Waals surface area contributed by atoms with Crippen LogP contribution in [0.2, 0.25) is 5.02 Å². The third-order valence-corrected chi connectivity index (χ3v) is 6.46. The van der Waals surface area contributed by atoms with E-state index < -0.39 is 11.9 Å². The van der Waals surface area contributed by atoms with E-state index in [0.29, 0.717) is 28.2 Å². The van der Waals surface area contributed by atoms with E-state index >= 15 is 0 Å². The number of carbonyl (C=O) groups is 2. The molecule has 2 N–H and O–H groups in total. The van der Waals surface area contributed by atoms with Gasteiger partial charge >= 0.3 is 5.97 Å². The fourth-order valence-corrected chi connectivity index (χ4v) is 4.29. The first-order valence-electron chi connectivity index (χ1n) is 11.0. The zero-order chi connectivity index (χ0) is 25.9. The van der Waals surface area contributed by atoms with Crippen molar-refractivity contribution in [2.75, 3.05) is 11.9 Å². The number of aromatic nitrogens is 3. The lowest BCUT2D eigenvalue weighted by Gasteiger charge is -2.31. The van der Waals surface area contributed by atoms with Crippen LogP contribution in [-0.2, 0) is 11.3 Å². The van der Waals surface area contributed by atoms with Gasteiger partial charge in [-0.15, -0.1) is 0 Å². The first-order chi connectivity index (χ1) is 17.9. The minimum Gasteiger partial charge on any atom is -0.477 e. The maximum atomic E-state index is 13.5. The first kappa shape index (κ1) is 24.4. The lowest BCUT2D eigenvalue weighted by molar-refractivity contribution is -0.130. The van der Waals surface area contributed by atoms with Gasteiger partial charge < -0.3 is 19.7 Å². The minimum atomic E-state index is -1.06. The number of guanidine groups is 1. The Morgan fingerprint density at radius 3 is 2.65 bits per heavy atom. The number of hydrogen-bond acceptors (Lipinski definition) is 10. The molecular formula is C24H19ClN6O5S. The van der Waals surface area contributed by atoms with Crippen LogP contribution in [0, 0.1) is 6.92 Å². The first-order valence-corrected chi connectivity index (χ1v) is 12.2. The molecular weight excluding hydrogens is 520 g/mol. The average Bonchev–Trinajstić information content (AvgIpc) is 3.53. The molecule has 188 valence electrons. The topological polar surface area (TPSA) is 143 Å². The third-order valence-electron chi connectivity index (χ3n) is 5.35. The van der Waals surface area contributed by atoms with Crippen molar-refractivity contribution in [2.45, 2.75) is 19.4 Å². The Labute approximate surface area is 219 Å². The van der Waals surface area contributed by atoms with Crippen molar-refractivity contribution < 1.29 is 24.0 Å². The summed E-state index contributed by atoms with van der Waals surface area (Å²) < 4.78 is 10.9. The van der Waals surface area contributed by atoms with Crippen molar-refractivity contribution in [3.63, 3.8) is 0 Å². The molecule has 13 heteroatoms. The van der Waals surface area contributed by atoms with Gasteiger partial charge in [0.05, 0.1) is 19.3 Å². The molecule has 0 saturated carbocycles. The molecule has 3 heterocycles. The van der Waals surface area contributed by atoms with Crippen molar-refractivity contribution >= 4 is 46.5 Å². The van der Waals surface area contributed by atoms with E-state index in [1.165, 1.54) is 11.1 Å². The van der Waals surface area contributed by atoms with Crippen molar-refractivity contribution in [1.29, 1.82) is 0 Å². The van der Waals surface area contributed by atoms with Crippen LogP contribution in [0.25, 0.3) is 0 Å². The van der Waals surface area contributed by atoms with Crippen LogP contribution < -0.4 is 10.1 Å². The van der Waals surface area contributed by atoms with Crippen LogP contribution in [0.3, 0.4) is 0 Å². The van der Waals surface area contributed by atoms with Crippen LogP contribution in [0.5, 0.6) is 10.9 Å². The van der Waals surface area contributed by atoms with Gasteiger partial charge in [0.25, 0.3) is 5.19 Å². The number of carbonyl (C=O) groups excluding carboxylic acids is 1. The molecule has 0 aliphatic carbocycles. The predicted molar refractivity (Wildman–Crippen MR) is 135 cm³/mol. The number of carboxylic acid groups (broad SMARTS) is 1. The van der Waals surface area contributed by atoms with Crippen LogP contribution in [0.4, 0.5) is 5.69 Å². The fraction of sp³-hybridized carbons (Fsp3) is 0.167. The van der Waals surface area contributed by atoms with Crippen molar-refractivity contribution in [2.24, 2.45) is 4.99 Å². The lowest BCUT2D eigenvalue weighted by Crippen LogP contribution is -2.47. The van der Waals surface area contributed by atoms with E-state index in [1.807, 2.05) is 12.1 Å². The molecule has 37 heavy (non-hydrogen) atoms. The van der Waals surface area contributed by atoms with Crippen molar-refractivity contribution in [3.05, 3.63) is 81.9 Å². The van der Waals surface area contributed by atoms with E-state index in [4.69, 9.17) is 26.0 Å². The van der Waals surface area contributed by atoms with Gasteiger partial charge in [0, 0.05) is 10.7 Å². The summed E-state index contributed by atoms with van der Waals surface area (Å²) in [6.07, 6.45) is 1.24. The highest BCUT2D eigenvalue weighted by atomic mass is 35.5. The maximum Gasteiger partial charge on any atom is 0.347 e. The number of aromatic carboxylic acids is 1. The van der Waals surface area contributed by atoms with Crippen LogP contribution in [-0.4, -0.2) is 49.5 Å². The van der Waals surface area contributed by atoms with Gasteiger partial charge in [0.1, 0.15) is 16.5 Å². The maximum absolute atomic E-state index is 13.5. The molecule has 2 aromatic heterocycles. The summed E-state index contributed by atoms with van der Waals surface area (Å²) in [5.74, 6) is -0.469. The summed E-state index contributed by atoms with van der Waals surface area (Å²) in [7, 11) is 0. The highest BCUT2D eigenvalue weighted by Crippen LogP contribution is 2.28. The van der Waals surface area contributed by atoms with E-state index in [-0.39, 0.29) is 35.0 Å². The second-order valence-corrected chi connectivity index (χ2v) is 9.42. The van der Waals surface area contributed by atoms with Crippen molar-refractivity contribution in [3.8, 4) is 10.9 Å². The van der Waals surface area contributed by atoms with Crippen LogP contribution in [0.1, 0.15) is 32.9 Å². The smallest absolute Gasteiger partial charge is 0.347 e. The average molecular weight is 539 g/mol. The molecule has 1 atom stereocenters. The molecule has 2 aromatic carbocycles. The van der Waals surface area contributed by atoms with Crippen LogP contribution >= 0.6 is 22.9 Å². The number of nitrogens with one attached hydrogen (secondary N) is 1. The highest BCUT2D eigenvalue weighted by molar-refractivity contribution is 7.15. The molecule has 1 amide bonds. The molecule has 0 saturated heterocycles. The van der Waals surface area contributed by atoms with E-state index in [0.717, 1.165) is 16.9 Å². The summed E-state index contributed by atoms with van der Waals surface area (Å²) in [6, 6.07) is 14.1. The Kier molecular flexibility index (Phi) is 6.84. The SMILES string of the molecule is Cc1noc(C2CN=C(Nc3ccc(Oc4ncc(C(=O)O)s4)cc3)N(Cc3ccc(Cl)cc3)C2=O)n1. The zero-order valence-electron chi connectivity index (χ0n) is 19.3. The Bertz CT molecular complexity index is 1470. The lowest BCUT2D eigenvalue weighted by atomic mass is 10.1. The number of thiazole rings is 1. The van der Waals surface area contributed by atoms with Crippen molar-refractivity contribution in [1.82, 2.24) is 20.0 Å². The molecule has 5 rings (SSSR count). The molecule has 0 spiro atoms. The summed E-state index contributed by atoms with van der Waals surface area (Å²) >= 11 is 6.95. The molecule has 0 bridgehead atoms. The molecule has 1 unspecified atom stereocenters. The van der Waals surface area contributed by atoms with Gasteiger partial charge in [0.2, 0.25) is 17.8 Å². The normalized spacial score (nSPS) is 15.4. The molecule has 1 aliphatic heterocycles. The standard InChI is InChI=1S/C24H19ClN6O5S/c1-13-28-20(36-30-13)18-10-26-23(31(21(18)32)12-14-2-4-15(25)5-3-14)29-16-6-8-17(9-7-16)35-24-27-11-19(37-24)22(33)34/h2-9,11,18H,10,12H2,1H3,(H,26,29)(H,33,34). The van der Waals surface area contributed by atoms with Gasteiger partial charge in [-0.1, -0.05) is 40.2 Å². The number of hydrogen-bond donors (Lipinski definition) is 2. The van der Waals surface area contributed by atoms with Gasteiger partial charge in [-0.2, -0.15) is 4.98 Å². The summed E-state index contributed by atoms with van der Waals surface area (Å²) in [6.45, 7) is 2.09. The Balaban J connectivity index is 1.35. The highest BCUT2D eigenvalue weighted by Gasteiger charge is 2.36. The molecule has 11 nitrogen and oxygen atoms in total. The number of amides is 1. The largest absolute Gasteiger partial charge is 0.477 e. The van der Waals surface area contributed by atoms with Gasteiger partial charge in [-0.25, -0.2) is 9.78 Å². The van der Waals surface area contributed by atoms with E-state index in [2.05, 4.69) is 25.4 Å². The van der Waals surface area contributed by atoms with Gasteiger partial charge in [-0.05, 0) is 48.9 Å². The van der Waals surface area contributed by atoms with Gasteiger partial charge in [-0.3, -0.25) is 14.7 Å². The minimum absolute atomic E-state index is 0.0861. The molecule has 1 aliphatic rings. The number of aliphatic imine (C=N–C) groups is 1. The summed E-state index contributed by atoms with van der Waals surface area (Å²) in [5, 5.41) is 16.8. The second-order valence-electron chi connectivity index (χ2n) is 7.99. The second kappa shape index (κ2) is 10.4. The number of halogens is 1. The monoisotopic (exact) mass is 538 g/mol. The molecule has 0 radical (unpaired) electrons. The Hall–Kier alpha value is -4.29. The quantitative estimate of drug-likeness (QED) is 0.345. The predicted octanol–water partition coefficient (Wildman–Crippen LogP) is 4.57. The number of anilines is 1. The summed E-state index contributed by atoms with van der Waals surface area (Å²) in [5.41, 5.74) is 1.53. The molecule has 0 fully saturated rings. The fourth-order valence-electron chi connectivity index (χ4n) is 3.54. The van der Waals surface area contributed by atoms with E-state index in [9.17, 15) is 9.59 Å². The Morgan fingerprint density at radius 2 is 2.00 bits per heavy atom. The molecule has 4 aromatic rings. The number of carboxylic acids is 1. The number of benzene rings is 2. The van der Waals surface area contributed by atoms with Crippen LogP contribution in [0.15, 0.2) is 64.2 Å². The number of rotatable bonds is 7.